The molecule has 6 aromatic carbocycles. The minimum Gasteiger partial charge on any atom is -0.394 e. The summed E-state index contributed by atoms with van der Waals surface area (Å²) in [5, 5.41) is 48.0. The zero-order chi connectivity index (χ0) is 78.7. The van der Waals surface area contributed by atoms with E-state index in [1.807, 2.05) is 54.6 Å². The van der Waals surface area contributed by atoms with E-state index in [1.165, 1.54) is 24.0 Å². The number of urea groups is 1. The second-order valence-electron chi connectivity index (χ2n) is 27.8. The zero-order valence-corrected chi connectivity index (χ0v) is 62.1. The van der Waals surface area contributed by atoms with Crippen molar-refractivity contribution in [3.8, 4) is 0 Å². The molecule has 8 rings (SSSR count). The van der Waals surface area contributed by atoms with Crippen molar-refractivity contribution in [1.29, 1.82) is 5.41 Å². The van der Waals surface area contributed by atoms with Crippen molar-refractivity contribution in [2.24, 2.45) is 28.9 Å². The van der Waals surface area contributed by atoms with Crippen molar-refractivity contribution in [2.75, 3.05) is 51.3 Å². The van der Waals surface area contributed by atoms with Crippen molar-refractivity contribution in [1.82, 2.24) is 57.7 Å². The number of aliphatic hydroxyl groups excluding tert-OH is 1. The van der Waals surface area contributed by atoms with Gasteiger partial charge in [-0.3, -0.25) is 58.3 Å². The van der Waals surface area contributed by atoms with Gasteiger partial charge in [0.25, 0.3) is 0 Å². The number of rotatable bonds is 38. The SMILES string of the molecule is CC(C)C[C@H](NC(=O)[C@@H](Cc1ccc(CN2CCOCC2)cc1)NC(=O)[C@H](Cc1ccc(NC(N)=O)cc1)NC(=O)[C@H](CO)NC(=O)[C@@H](Cc1ccccc1)NC(=O)[C@@H](Cc1ccc(Cl)cc1)NC(=O)[C@H](N)Cc1cccc2ccccc12)C(=O)N[C@@H](CCCNC(=N)N)C(=O)N1CCC[C@H]1C(=O)N[C@H](C)C(N)=O. The molecule has 2 aliphatic heterocycles. The van der Waals surface area contributed by atoms with E-state index in [-0.39, 0.29) is 88.4 Å². The van der Waals surface area contributed by atoms with Crippen LogP contribution in [0.2, 0.25) is 5.02 Å². The van der Waals surface area contributed by atoms with Gasteiger partial charge in [-0.2, -0.15) is 0 Å². The molecule has 0 spiro atoms. The lowest BCUT2D eigenvalue weighted by molar-refractivity contribution is -0.142. The molecule has 582 valence electrons. The number of halogens is 1. The van der Waals surface area contributed by atoms with Crippen molar-refractivity contribution in [3.05, 3.63) is 184 Å². The Kier molecular flexibility index (Phi) is 31.7. The third-order valence-electron chi connectivity index (χ3n) is 18.8. The number of nitrogens with two attached hydrogens (primary N) is 4. The maximum atomic E-state index is 15.4. The van der Waals surface area contributed by atoms with Gasteiger partial charge in [-0.15, -0.1) is 0 Å². The lowest BCUT2D eigenvalue weighted by Crippen LogP contribution is -2.61. The summed E-state index contributed by atoms with van der Waals surface area (Å²) in [5.41, 5.74) is 27.1. The van der Waals surface area contributed by atoms with Crippen LogP contribution in [0, 0.1) is 11.3 Å². The van der Waals surface area contributed by atoms with E-state index in [1.54, 1.807) is 92.7 Å². The highest BCUT2D eigenvalue weighted by atomic mass is 35.5. The minimum atomic E-state index is -1.82. The number of benzene rings is 6. The van der Waals surface area contributed by atoms with E-state index in [0.29, 0.717) is 66.5 Å². The van der Waals surface area contributed by atoms with Gasteiger partial charge >= 0.3 is 6.03 Å². The molecule has 0 unspecified atom stereocenters. The largest absolute Gasteiger partial charge is 0.394 e. The Bertz CT molecular complexity index is 4130. The molecule has 109 heavy (non-hydrogen) atoms. The lowest BCUT2D eigenvalue weighted by Gasteiger charge is -2.31. The fraction of sp³-hybridized carbons (Fsp3) is 0.410. The molecule has 2 saturated heterocycles. The smallest absolute Gasteiger partial charge is 0.316 e. The summed E-state index contributed by atoms with van der Waals surface area (Å²) in [6.45, 7) is 7.40. The Morgan fingerprint density at radius 3 is 1.57 bits per heavy atom. The summed E-state index contributed by atoms with van der Waals surface area (Å²) >= 11 is 6.25. The maximum absolute atomic E-state index is 15.4. The number of hydrogen-bond acceptors (Lipinski definition) is 16. The summed E-state index contributed by atoms with van der Waals surface area (Å²) in [4.78, 5) is 160. The Morgan fingerprint density at radius 1 is 0.541 bits per heavy atom. The number of aliphatic hydroxyl groups is 1. The predicted octanol–water partition coefficient (Wildman–Crippen LogP) is 1.33. The normalized spacial score (nSPS) is 16.1. The van der Waals surface area contributed by atoms with Gasteiger partial charge in [-0.05, 0) is 120 Å². The molecule has 2 heterocycles. The average Bonchev–Trinajstić information content (AvgIpc) is 1.81. The van der Waals surface area contributed by atoms with E-state index in [0.717, 1.165) is 21.9 Å². The van der Waals surface area contributed by atoms with Gasteiger partial charge in [-0.1, -0.05) is 147 Å². The van der Waals surface area contributed by atoms with Crippen molar-refractivity contribution in [3.63, 3.8) is 0 Å². The Balaban J connectivity index is 1.07. The van der Waals surface area contributed by atoms with E-state index in [9.17, 15) is 48.3 Å². The van der Waals surface area contributed by atoms with Crippen LogP contribution in [0.3, 0.4) is 0 Å². The fourth-order valence-electron chi connectivity index (χ4n) is 13.0. The summed E-state index contributed by atoms with van der Waals surface area (Å²) in [7, 11) is 0. The summed E-state index contributed by atoms with van der Waals surface area (Å²) < 4.78 is 5.55. The van der Waals surface area contributed by atoms with Crippen molar-refractivity contribution >= 4 is 99.1 Å². The predicted molar refractivity (Wildman–Crippen MR) is 411 cm³/mol. The Hall–Kier alpha value is -11.0. The molecule has 31 heteroatoms. The van der Waals surface area contributed by atoms with Crippen LogP contribution in [-0.4, -0.2) is 192 Å². The standard InChI is InChI=1S/C78H100ClN17O13/c1-46(2)38-60(69(100)88-59(18-10-32-85-77(82)83)76(107)96-33-11-19-66(96)75(106)86-47(3)67(81)98)90-71(102)63(40-49-20-22-52(23-21-49)44-95-34-36-109-37-35-95)92-72(103)64(42-51-26-30-56(31-27-51)87-78(84)108)93-74(105)65(45-97)94-73(104)62(39-48-12-5-4-6-13-48)91-70(101)61(41-50-24-28-55(79)29-25-50)89-68(99)58(80)43-54-16-9-15-53-14-7-8-17-57(53)54/h4-9,12-17,20-31,46-47,58-66,97H,10-11,18-19,32-45,80H2,1-3H3,(H2,81,98)(H,86,106)(H,88,100)(H,89,99)(H,90,102)(H,91,101)(H,92,103)(H,93,105)(H,94,104)(H4,82,83,85)(H3,84,87,108)/t47-,58-,59+,60+,61-,62-,63-,64+,65+,66+/m1/s1. The third-order valence-corrected chi connectivity index (χ3v) is 19.1. The molecule has 0 aliphatic carbocycles. The molecule has 0 radical (unpaired) electrons. The molecule has 6 aromatic rings. The number of nitrogens with zero attached hydrogens (tertiary/aromatic N) is 2. The van der Waals surface area contributed by atoms with Gasteiger partial charge in [0.1, 0.15) is 54.4 Å². The first-order valence-electron chi connectivity index (χ1n) is 36.5. The fourth-order valence-corrected chi connectivity index (χ4v) is 13.1. The van der Waals surface area contributed by atoms with E-state index < -0.39 is 132 Å². The third kappa shape index (κ3) is 26.1. The number of carbonyl (C=O) groups excluding carboxylic acids is 11. The molecule has 2 fully saturated rings. The molecule has 2 aliphatic rings. The molecular weight excluding hydrogens is 1420 g/mol. The van der Waals surface area contributed by atoms with Crippen LogP contribution in [0.15, 0.2) is 146 Å². The second-order valence-corrected chi connectivity index (χ2v) is 28.3. The van der Waals surface area contributed by atoms with Crippen molar-refractivity contribution in [2.45, 2.75) is 152 Å². The lowest BCUT2D eigenvalue weighted by atomic mass is 9.98. The molecule has 0 saturated carbocycles. The first-order valence-corrected chi connectivity index (χ1v) is 36.8. The molecule has 30 nitrogen and oxygen atoms in total. The van der Waals surface area contributed by atoms with Crippen LogP contribution >= 0.6 is 11.6 Å². The number of morpholine rings is 1. The van der Waals surface area contributed by atoms with Crippen LogP contribution in [0.5, 0.6) is 0 Å². The van der Waals surface area contributed by atoms with Gasteiger partial charge in [-0.25, -0.2) is 4.79 Å². The topological polar surface area (TPSA) is 472 Å². The van der Waals surface area contributed by atoms with Crippen molar-refractivity contribution < 1.29 is 62.6 Å². The second kappa shape index (κ2) is 41.3. The van der Waals surface area contributed by atoms with Gasteiger partial charge in [0, 0.05) is 69.1 Å². The number of anilines is 1. The van der Waals surface area contributed by atoms with Gasteiger partial charge in [0.2, 0.25) is 59.1 Å². The first-order chi connectivity index (χ1) is 52.2. The highest BCUT2D eigenvalue weighted by Crippen LogP contribution is 2.24. The molecule has 0 aromatic heterocycles. The number of amides is 12. The van der Waals surface area contributed by atoms with Crippen LogP contribution in [0.1, 0.15) is 86.3 Å². The molecule has 12 amide bonds. The number of fused-ring (bicyclic) bond motifs is 1. The Labute approximate surface area is 637 Å². The number of likely N-dealkylation sites (tertiary alicyclic amines) is 1. The van der Waals surface area contributed by atoms with Crippen LogP contribution in [-0.2, 0) is 91.3 Å². The quantitative estimate of drug-likeness (QED) is 0.0148. The molecule has 20 N–H and O–H groups in total. The van der Waals surface area contributed by atoms with E-state index >= 15 is 9.59 Å². The van der Waals surface area contributed by atoms with E-state index in [2.05, 4.69) is 58.1 Å². The zero-order valence-electron chi connectivity index (χ0n) is 61.4. The van der Waals surface area contributed by atoms with Gasteiger partial charge < -0.3 is 90.8 Å². The number of nitrogens with one attached hydrogen (secondary N) is 11. The monoisotopic (exact) mass is 1520 g/mol. The number of carbonyl (C=O) groups is 11. The van der Waals surface area contributed by atoms with E-state index in [4.69, 9.17) is 44.7 Å². The number of ether oxygens (including phenoxy) is 1. The Morgan fingerprint density at radius 2 is 1.02 bits per heavy atom. The van der Waals surface area contributed by atoms with Crippen LogP contribution in [0.4, 0.5) is 10.5 Å². The summed E-state index contributed by atoms with van der Waals surface area (Å²) in [6, 6.07) is 27.4. The number of hydrogen-bond donors (Lipinski definition) is 16. The first kappa shape index (κ1) is 83.6. The summed E-state index contributed by atoms with van der Waals surface area (Å²) in [6.07, 6.45) is 0.211. The molecular formula is C78H100ClN17O13. The average molecular weight is 1520 g/mol. The highest BCUT2D eigenvalue weighted by molar-refractivity contribution is 6.30. The molecule has 0 bridgehead atoms. The molecule has 10 atom stereocenters. The number of guanidine groups is 1. The minimum absolute atomic E-state index is 0.00685. The van der Waals surface area contributed by atoms with Gasteiger partial charge in [0.15, 0.2) is 5.96 Å². The van der Waals surface area contributed by atoms with Gasteiger partial charge in [0.05, 0.1) is 25.9 Å². The number of primary amides is 2. The summed E-state index contributed by atoms with van der Waals surface area (Å²) in [5.74, 6) is -8.77. The highest BCUT2D eigenvalue weighted by Gasteiger charge is 2.40. The van der Waals surface area contributed by atoms with Crippen LogP contribution in [0.25, 0.3) is 10.8 Å². The van der Waals surface area contributed by atoms with Crippen LogP contribution < -0.4 is 76.1 Å². The maximum Gasteiger partial charge on any atom is 0.316 e.